The molecule has 0 saturated carbocycles. The first-order chi connectivity index (χ1) is 6.69. The molecular weight excluding hydrogens is 178 g/mol. The molecule has 1 amide bonds. The summed E-state index contributed by atoms with van der Waals surface area (Å²) in [6.07, 6.45) is 0. The SMILES string of the molecule is CC(=O)Nc1c(C#N)cccc1C#N. The molecule has 4 nitrogen and oxygen atoms in total. The first kappa shape index (κ1) is 9.76. The summed E-state index contributed by atoms with van der Waals surface area (Å²) >= 11 is 0. The van der Waals surface area contributed by atoms with Crippen LogP contribution in [0.1, 0.15) is 18.1 Å². The maximum atomic E-state index is 10.8. The van der Waals surface area contributed by atoms with Crippen molar-refractivity contribution in [2.24, 2.45) is 0 Å². The van der Waals surface area contributed by atoms with Crippen LogP contribution in [0.25, 0.3) is 0 Å². The van der Waals surface area contributed by atoms with Crippen molar-refractivity contribution in [3.8, 4) is 12.1 Å². The Kier molecular flexibility index (Phi) is 2.83. The van der Waals surface area contributed by atoms with Crippen LogP contribution in [0, 0.1) is 22.7 Å². The van der Waals surface area contributed by atoms with Gasteiger partial charge in [-0.25, -0.2) is 0 Å². The first-order valence-electron chi connectivity index (χ1n) is 3.90. The van der Waals surface area contributed by atoms with Gasteiger partial charge >= 0.3 is 0 Å². The average Bonchev–Trinajstić information content (AvgIpc) is 2.17. The Bertz CT molecular complexity index is 419. The van der Waals surface area contributed by atoms with Crippen LogP contribution in [-0.4, -0.2) is 5.91 Å². The molecule has 0 aromatic heterocycles. The number of anilines is 1. The maximum Gasteiger partial charge on any atom is 0.221 e. The zero-order valence-electron chi connectivity index (χ0n) is 7.53. The van der Waals surface area contributed by atoms with E-state index in [2.05, 4.69) is 5.32 Å². The third kappa shape index (κ3) is 1.88. The van der Waals surface area contributed by atoms with Gasteiger partial charge in [0.25, 0.3) is 0 Å². The van der Waals surface area contributed by atoms with E-state index in [1.54, 1.807) is 18.2 Å². The molecular formula is C10H7N3O. The van der Waals surface area contributed by atoms with E-state index in [0.717, 1.165) is 0 Å². The van der Waals surface area contributed by atoms with Crippen molar-refractivity contribution in [3.05, 3.63) is 29.3 Å². The highest BCUT2D eigenvalue weighted by atomic mass is 16.1. The summed E-state index contributed by atoms with van der Waals surface area (Å²) in [4.78, 5) is 10.8. The Morgan fingerprint density at radius 3 is 2.14 bits per heavy atom. The van der Waals surface area contributed by atoms with Gasteiger partial charge in [-0.2, -0.15) is 10.5 Å². The summed E-state index contributed by atoms with van der Waals surface area (Å²) in [5.41, 5.74) is 0.864. The zero-order chi connectivity index (χ0) is 10.6. The summed E-state index contributed by atoms with van der Waals surface area (Å²) in [7, 11) is 0. The van der Waals surface area contributed by atoms with Crippen LogP contribution < -0.4 is 5.32 Å². The third-order valence-electron chi connectivity index (χ3n) is 1.61. The van der Waals surface area contributed by atoms with Gasteiger partial charge < -0.3 is 5.32 Å². The monoisotopic (exact) mass is 185 g/mol. The summed E-state index contributed by atoms with van der Waals surface area (Å²) in [6.45, 7) is 1.33. The lowest BCUT2D eigenvalue weighted by Gasteiger charge is -2.05. The highest BCUT2D eigenvalue weighted by molar-refractivity contribution is 5.92. The van der Waals surface area contributed by atoms with Gasteiger partial charge in [0.2, 0.25) is 5.91 Å². The smallest absolute Gasteiger partial charge is 0.221 e. The molecule has 0 bridgehead atoms. The summed E-state index contributed by atoms with van der Waals surface area (Å²) in [5.74, 6) is -0.302. The molecule has 1 aromatic rings. The van der Waals surface area contributed by atoms with Gasteiger partial charge in [0.05, 0.1) is 16.8 Å². The molecule has 4 heteroatoms. The van der Waals surface area contributed by atoms with E-state index in [9.17, 15) is 4.79 Å². The fraction of sp³-hybridized carbons (Fsp3) is 0.100. The maximum absolute atomic E-state index is 10.8. The largest absolute Gasteiger partial charge is 0.324 e. The Labute approximate surface area is 81.4 Å². The average molecular weight is 185 g/mol. The number of para-hydroxylation sites is 1. The van der Waals surface area contributed by atoms with Gasteiger partial charge in [0.15, 0.2) is 0 Å². The lowest BCUT2D eigenvalue weighted by atomic mass is 10.1. The number of hydrogen-bond donors (Lipinski definition) is 1. The van der Waals surface area contributed by atoms with Crippen LogP contribution in [0.4, 0.5) is 5.69 Å². The topological polar surface area (TPSA) is 76.7 Å². The van der Waals surface area contributed by atoms with Gasteiger partial charge in [-0.1, -0.05) is 6.07 Å². The van der Waals surface area contributed by atoms with E-state index in [0.29, 0.717) is 11.1 Å². The minimum Gasteiger partial charge on any atom is -0.324 e. The minimum atomic E-state index is -0.302. The molecule has 0 saturated heterocycles. The molecule has 14 heavy (non-hydrogen) atoms. The van der Waals surface area contributed by atoms with Gasteiger partial charge in [-0.15, -0.1) is 0 Å². The number of rotatable bonds is 1. The molecule has 0 radical (unpaired) electrons. The van der Waals surface area contributed by atoms with Crippen molar-refractivity contribution >= 4 is 11.6 Å². The lowest BCUT2D eigenvalue weighted by molar-refractivity contribution is -0.114. The Balaban J connectivity index is 3.29. The van der Waals surface area contributed by atoms with Crippen molar-refractivity contribution in [3.63, 3.8) is 0 Å². The number of nitriles is 2. The molecule has 0 aliphatic rings. The van der Waals surface area contributed by atoms with Crippen LogP contribution in [0.15, 0.2) is 18.2 Å². The molecule has 0 spiro atoms. The van der Waals surface area contributed by atoms with Crippen LogP contribution in [0.3, 0.4) is 0 Å². The second-order valence-corrected chi connectivity index (χ2v) is 2.63. The molecule has 1 rings (SSSR count). The van der Waals surface area contributed by atoms with Crippen molar-refractivity contribution < 1.29 is 4.79 Å². The molecule has 0 aliphatic heterocycles. The Morgan fingerprint density at radius 1 is 1.29 bits per heavy atom. The van der Waals surface area contributed by atoms with Crippen molar-refractivity contribution in [1.29, 1.82) is 10.5 Å². The zero-order valence-corrected chi connectivity index (χ0v) is 7.53. The first-order valence-corrected chi connectivity index (χ1v) is 3.90. The molecule has 1 aromatic carbocycles. The van der Waals surface area contributed by atoms with Crippen molar-refractivity contribution in [1.82, 2.24) is 0 Å². The van der Waals surface area contributed by atoms with Crippen LogP contribution in [-0.2, 0) is 4.79 Å². The highest BCUT2D eigenvalue weighted by Gasteiger charge is 2.08. The van der Waals surface area contributed by atoms with Crippen molar-refractivity contribution in [2.45, 2.75) is 6.92 Å². The van der Waals surface area contributed by atoms with E-state index in [1.165, 1.54) is 6.92 Å². The molecule has 0 unspecified atom stereocenters. The molecule has 0 heterocycles. The minimum absolute atomic E-state index is 0.282. The quantitative estimate of drug-likeness (QED) is 0.718. The molecule has 0 fully saturated rings. The summed E-state index contributed by atoms with van der Waals surface area (Å²) < 4.78 is 0. The molecule has 68 valence electrons. The van der Waals surface area contributed by atoms with E-state index >= 15 is 0 Å². The van der Waals surface area contributed by atoms with Crippen molar-refractivity contribution in [2.75, 3.05) is 5.32 Å². The Hall–Kier alpha value is -2.33. The fourth-order valence-electron chi connectivity index (χ4n) is 1.05. The molecule has 0 aliphatic carbocycles. The van der Waals surface area contributed by atoms with Crippen LogP contribution in [0.5, 0.6) is 0 Å². The predicted octanol–water partition coefficient (Wildman–Crippen LogP) is 1.39. The summed E-state index contributed by atoms with van der Waals surface area (Å²) in [6, 6.07) is 8.51. The van der Waals surface area contributed by atoms with E-state index in [1.807, 2.05) is 12.1 Å². The summed E-state index contributed by atoms with van der Waals surface area (Å²) in [5, 5.41) is 19.9. The van der Waals surface area contributed by atoms with E-state index in [4.69, 9.17) is 10.5 Å². The standard InChI is InChI=1S/C10H7N3O/c1-7(14)13-10-8(5-11)3-2-4-9(10)6-12/h2-4H,1H3,(H,13,14). The van der Waals surface area contributed by atoms with E-state index in [-0.39, 0.29) is 11.6 Å². The number of nitrogens with zero attached hydrogens (tertiary/aromatic N) is 2. The Morgan fingerprint density at radius 2 is 1.79 bits per heavy atom. The number of carbonyl (C=O) groups excluding carboxylic acids is 1. The van der Waals surface area contributed by atoms with E-state index < -0.39 is 0 Å². The number of hydrogen-bond acceptors (Lipinski definition) is 3. The van der Waals surface area contributed by atoms with Crippen LogP contribution >= 0.6 is 0 Å². The number of benzene rings is 1. The second kappa shape index (κ2) is 4.06. The van der Waals surface area contributed by atoms with Gasteiger partial charge in [-0.05, 0) is 12.1 Å². The van der Waals surface area contributed by atoms with Gasteiger partial charge in [-0.3, -0.25) is 4.79 Å². The predicted molar refractivity (Wildman–Crippen MR) is 50.2 cm³/mol. The number of nitrogens with one attached hydrogen (secondary N) is 1. The number of carbonyl (C=O) groups is 1. The van der Waals surface area contributed by atoms with Crippen LogP contribution in [0.2, 0.25) is 0 Å². The third-order valence-corrected chi connectivity index (χ3v) is 1.61. The number of amides is 1. The lowest BCUT2D eigenvalue weighted by Crippen LogP contribution is -2.08. The van der Waals surface area contributed by atoms with Gasteiger partial charge in [0, 0.05) is 6.92 Å². The highest BCUT2D eigenvalue weighted by Crippen LogP contribution is 2.19. The normalized spacial score (nSPS) is 8.50. The fourth-order valence-corrected chi connectivity index (χ4v) is 1.05. The molecule has 1 N–H and O–H groups in total. The second-order valence-electron chi connectivity index (χ2n) is 2.63. The molecule has 0 atom stereocenters. The van der Waals surface area contributed by atoms with Gasteiger partial charge in [0.1, 0.15) is 12.1 Å².